The monoisotopic (exact) mass is 375 g/mol. The van der Waals surface area contributed by atoms with Crippen molar-refractivity contribution < 1.29 is 9.32 Å². The average molecular weight is 376 g/mol. The second kappa shape index (κ2) is 8.68. The van der Waals surface area contributed by atoms with E-state index in [-0.39, 0.29) is 18.3 Å². The number of amides is 1. The molecule has 0 radical (unpaired) electrons. The Labute approximate surface area is 150 Å². The minimum absolute atomic E-state index is 0. The standard InChI is InChI=1S/C15H18ClN3O2S.ClH/c16-14-4-3-13(22-14)12-8-11(19-21-12)15(20)18-7-5-10-2-1-6-17-9-10;/h3-4,8,10,17H,1-2,5-7,9H2,(H,18,20);1H. The fraction of sp³-hybridized carbons (Fsp3) is 0.467. The first kappa shape index (κ1) is 18.3. The van der Waals surface area contributed by atoms with E-state index in [0.29, 0.717) is 28.3 Å². The van der Waals surface area contributed by atoms with Crippen molar-refractivity contribution in [2.45, 2.75) is 19.3 Å². The molecule has 0 spiro atoms. The lowest BCUT2D eigenvalue weighted by atomic mass is 9.96. The minimum atomic E-state index is -0.193. The molecular formula is C15H19Cl2N3O2S. The second-order valence-corrected chi connectivity index (χ2v) is 7.15. The van der Waals surface area contributed by atoms with E-state index < -0.39 is 0 Å². The van der Waals surface area contributed by atoms with E-state index in [2.05, 4.69) is 15.8 Å². The van der Waals surface area contributed by atoms with Gasteiger partial charge < -0.3 is 15.2 Å². The summed E-state index contributed by atoms with van der Waals surface area (Å²) < 4.78 is 5.89. The van der Waals surface area contributed by atoms with Gasteiger partial charge in [-0.25, -0.2) is 0 Å². The molecule has 126 valence electrons. The summed E-state index contributed by atoms with van der Waals surface area (Å²) in [5.41, 5.74) is 0.307. The Morgan fingerprint density at radius 3 is 3.09 bits per heavy atom. The fourth-order valence-electron chi connectivity index (χ4n) is 2.60. The van der Waals surface area contributed by atoms with Gasteiger partial charge in [0.2, 0.25) is 0 Å². The predicted octanol–water partition coefficient (Wildman–Crippen LogP) is 3.60. The van der Waals surface area contributed by atoms with Crippen molar-refractivity contribution >= 4 is 41.3 Å². The molecule has 0 aliphatic carbocycles. The zero-order valence-electron chi connectivity index (χ0n) is 12.5. The first-order valence-corrected chi connectivity index (χ1v) is 8.63. The van der Waals surface area contributed by atoms with Crippen molar-refractivity contribution in [2.24, 2.45) is 5.92 Å². The number of rotatable bonds is 5. The van der Waals surface area contributed by atoms with Crippen molar-refractivity contribution in [3.05, 3.63) is 28.2 Å². The smallest absolute Gasteiger partial charge is 0.273 e. The maximum atomic E-state index is 12.1. The van der Waals surface area contributed by atoms with E-state index in [4.69, 9.17) is 16.1 Å². The maximum Gasteiger partial charge on any atom is 0.273 e. The molecule has 5 nitrogen and oxygen atoms in total. The SMILES string of the molecule is Cl.O=C(NCCC1CCCNC1)c1cc(-c2ccc(Cl)s2)on1. The van der Waals surface area contributed by atoms with Gasteiger partial charge in [-0.05, 0) is 50.4 Å². The number of nitrogens with one attached hydrogen (secondary N) is 2. The molecule has 2 aromatic rings. The van der Waals surface area contributed by atoms with Gasteiger partial charge in [0.05, 0.1) is 9.21 Å². The van der Waals surface area contributed by atoms with Crippen molar-refractivity contribution in [3.63, 3.8) is 0 Å². The van der Waals surface area contributed by atoms with Crippen molar-refractivity contribution in [3.8, 4) is 10.6 Å². The van der Waals surface area contributed by atoms with Crippen LogP contribution in [0.25, 0.3) is 10.6 Å². The van der Waals surface area contributed by atoms with Gasteiger partial charge in [-0.3, -0.25) is 4.79 Å². The molecule has 1 aliphatic heterocycles. The fourth-order valence-corrected chi connectivity index (χ4v) is 3.59. The average Bonchev–Trinajstić information content (AvgIpc) is 3.17. The summed E-state index contributed by atoms with van der Waals surface area (Å²) in [6.07, 6.45) is 3.44. The lowest BCUT2D eigenvalue weighted by Crippen LogP contribution is -2.33. The van der Waals surface area contributed by atoms with Crippen LogP contribution in [0.5, 0.6) is 0 Å². The number of hydrogen-bond acceptors (Lipinski definition) is 5. The molecule has 23 heavy (non-hydrogen) atoms. The minimum Gasteiger partial charge on any atom is -0.355 e. The van der Waals surface area contributed by atoms with Gasteiger partial charge in [0.15, 0.2) is 11.5 Å². The normalized spacial score (nSPS) is 17.5. The largest absolute Gasteiger partial charge is 0.355 e. The van der Waals surface area contributed by atoms with E-state index in [1.165, 1.54) is 24.2 Å². The second-order valence-electron chi connectivity index (χ2n) is 5.44. The summed E-state index contributed by atoms with van der Waals surface area (Å²) >= 11 is 7.29. The topological polar surface area (TPSA) is 67.2 Å². The van der Waals surface area contributed by atoms with E-state index >= 15 is 0 Å². The summed E-state index contributed by atoms with van der Waals surface area (Å²) in [4.78, 5) is 12.9. The highest BCUT2D eigenvalue weighted by Gasteiger charge is 2.16. The van der Waals surface area contributed by atoms with Gasteiger partial charge in [-0.15, -0.1) is 23.7 Å². The molecule has 1 fully saturated rings. The molecule has 3 heterocycles. The van der Waals surface area contributed by atoms with Crippen LogP contribution in [0.15, 0.2) is 22.7 Å². The number of hydrogen-bond donors (Lipinski definition) is 2. The molecular weight excluding hydrogens is 357 g/mol. The van der Waals surface area contributed by atoms with Gasteiger partial charge in [0, 0.05) is 12.6 Å². The Balaban J connectivity index is 0.00000192. The number of halogens is 2. The molecule has 1 saturated heterocycles. The molecule has 3 rings (SSSR count). The predicted molar refractivity (Wildman–Crippen MR) is 94.6 cm³/mol. The molecule has 0 saturated carbocycles. The van der Waals surface area contributed by atoms with Crippen LogP contribution in [-0.2, 0) is 0 Å². The number of thiophene rings is 1. The van der Waals surface area contributed by atoms with E-state index in [1.54, 1.807) is 12.1 Å². The first-order valence-electron chi connectivity index (χ1n) is 7.44. The van der Waals surface area contributed by atoms with Crippen LogP contribution >= 0.6 is 35.3 Å². The lowest BCUT2D eigenvalue weighted by molar-refractivity contribution is 0.0941. The third-order valence-electron chi connectivity index (χ3n) is 3.80. The number of aromatic nitrogens is 1. The zero-order valence-corrected chi connectivity index (χ0v) is 14.9. The van der Waals surface area contributed by atoms with Gasteiger partial charge >= 0.3 is 0 Å². The number of nitrogens with zero attached hydrogens (tertiary/aromatic N) is 1. The lowest BCUT2D eigenvalue weighted by Gasteiger charge is -2.22. The Morgan fingerprint density at radius 1 is 1.52 bits per heavy atom. The van der Waals surface area contributed by atoms with Gasteiger partial charge in [0.1, 0.15) is 0 Å². The highest BCUT2D eigenvalue weighted by Crippen LogP contribution is 2.31. The Kier molecular flexibility index (Phi) is 6.89. The van der Waals surface area contributed by atoms with Crippen LogP contribution in [0.4, 0.5) is 0 Å². The molecule has 1 atom stereocenters. The molecule has 1 aliphatic rings. The Hall–Kier alpha value is -1.08. The van der Waals surface area contributed by atoms with Crippen LogP contribution in [0, 0.1) is 5.92 Å². The number of piperidine rings is 1. The van der Waals surface area contributed by atoms with Crippen LogP contribution in [0.3, 0.4) is 0 Å². The van der Waals surface area contributed by atoms with Gasteiger partial charge in [0.25, 0.3) is 5.91 Å². The first-order chi connectivity index (χ1) is 10.7. The maximum absolute atomic E-state index is 12.1. The molecule has 1 unspecified atom stereocenters. The summed E-state index contributed by atoms with van der Waals surface area (Å²) in [6, 6.07) is 5.30. The van der Waals surface area contributed by atoms with Crippen molar-refractivity contribution in [2.75, 3.05) is 19.6 Å². The van der Waals surface area contributed by atoms with Crippen LogP contribution in [-0.4, -0.2) is 30.7 Å². The summed E-state index contributed by atoms with van der Waals surface area (Å²) in [7, 11) is 0. The van der Waals surface area contributed by atoms with Gasteiger partial charge in [-0.2, -0.15) is 0 Å². The van der Waals surface area contributed by atoms with Crippen LogP contribution in [0.2, 0.25) is 4.34 Å². The van der Waals surface area contributed by atoms with Crippen molar-refractivity contribution in [1.29, 1.82) is 0 Å². The zero-order chi connectivity index (χ0) is 15.4. The molecule has 0 bridgehead atoms. The van der Waals surface area contributed by atoms with Crippen LogP contribution in [0.1, 0.15) is 29.8 Å². The quantitative estimate of drug-likeness (QED) is 0.837. The Bertz CT molecular complexity index is 638. The number of carbonyl (C=O) groups excluding carboxylic acids is 1. The molecule has 2 aromatic heterocycles. The molecule has 0 aromatic carbocycles. The summed E-state index contributed by atoms with van der Waals surface area (Å²) in [6.45, 7) is 2.82. The third-order valence-corrected chi connectivity index (χ3v) is 5.04. The molecule has 2 N–H and O–H groups in total. The van der Waals surface area contributed by atoms with E-state index in [9.17, 15) is 4.79 Å². The Morgan fingerprint density at radius 2 is 2.39 bits per heavy atom. The molecule has 8 heteroatoms. The highest BCUT2D eigenvalue weighted by molar-refractivity contribution is 7.19. The highest BCUT2D eigenvalue weighted by atomic mass is 35.5. The van der Waals surface area contributed by atoms with E-state index in [0.717, 1.165) is 24.4 Å². The summed E-state index contributed by atoms with van der Waals surface area (Å²) in [5, 5.41) is 10.1. The van der Waals surface area contributed by atoms with E-state index in [1.807, 2.05) is 6.07 Å². The van der Waals surface area contributed by atoms with Crippen LogP contribution < -0.4 is 10.6 Å². The molecule has 1 amide bonds. The van der Waals surface area contributed by atoms with Crippen molar-refractivity contribution in [1.82, 2.24) is 15.8 Å². The number of carbonyl (C=O) groups is 1. The summed E-state index contributed by atoms with van der Waals surface area (Å²) in [5.74, 6) is 1.02. The third kappa shape index (κ3) is 4.94. The van der Waals surface area contributed by atoms with Gasteiger partial charge in [-0.1, -0.05) is 16.8 Å².